The van der Waals surface area contributed by atoms with Crippen LogP contribution in [0.3, 0.4) is 0 Å². The van der Waals surface area contributed by atoms with Crippen molar-refractivity contribution in [2.45, 2.75) is 187 Å². The molecule has 11 rings (SSSR count). The maximum Gasteiger partial charge on any atom is 0.377 e. The summed E-state index contributed by atoms with van der Waals surface area (Å²) in [5, 5.41) is 6.88. The van der Waals surface area contributed by atoms with Crippen LogP contribution in [0.15, 0.2) is 169 Å². The Hall–Kier alpha value is -11.9. The number of hydrogen-bond donors (Lipinski definition) is 6. The lowest BCUT2D eigenvalue weighted by Gasteiger charge is -2.18. The number of esters is 3. The number of aromatic nitrogens is 6. The van der Waals surface area contributed by atoms with E-state index in [1.807, 2.05) is 203 Å². The number of phenolic OH excluding ortho intramolecular Hbond substituents is 1. The van der Waals surface area contributed by atoms with Gasteiger partial charge in [0.2, 0.25) is 23.4 Å². The Labute approximate surface area is 926 Å². The predicted molar refractivity (Wildman–Crippen MR) is 614 cm³/mol. The van der Waals surface area contributed by atoms with Crippen molar-refractivity contribution in [3.8, 4) is 86.2 Å². The van der Waals surface area contributed by atoms with E-state index in [9.17, 15) is 28.8 Å². The standard InChI is InChI=1S/C22H25N3O2.C17H24O5.C15H18ClN3O2.C15H19N3O3.C15H22O4.C11H16O2.C6H7N.C4H7BrO2.C4H10O2.CH3I.Cl3OP/c1-14(2)17-12-19(26-4)15(3)10-20(17)27-21-13-24-22(23)25-18(21)11-16-8-6-5-7-9-16;1-7-21-17(18)16(10-19-5)22-15-8-12(4)14(20-6)9-13(15)11(2)3;1-8(2)10-6-11(20-4)9(3)5-12(10)21-13-7-18-15(17)19-14(13)16;1-8(2)10-6-11(20-4)9(3)5-12(10)21-13-7-17-15(16)18-14(13)19;1-6-18-15(16)9-19-14-7-11(4)13(17-5)8-12(14)10(2)3;1-7(2)9-6-11(13-4)8(3)5-10(9)12;7-6-4-2-1-3-5-6;1-2-7-4(6)3-5;1-5-3-4-6-2;1-2;1-5(2,3)4/h5-10,12-14H,11H2,1-4H3,(H2,23,24,25);8-11H,7H2,1-6H3;5-8H,1-4H3,(H2,17,18,19);5-8H,1-4H3,(H3,16,17,18,19);7-8,10H,6,9H2,1-5H3;5-7,12H,1-4H3;1-5H,7H2;2-3H2,1H3;3-4H2,1-2H3;1H3;/b;16-10+;;;;;;;;;. The van der Waals surface area contributed by atoms with Crippen LogP contribution >= 0.6 is 89.0 Å². The Balaban J connectivity index is 0.000000861. The van der Waals surface area contributed by atoms with Crippen molar-refractivity contribution in [3.05, 3.63) is 258 Å². The summed E-state index contributed by atoms with van der Waals surface area (Å²) < 4.78 is 99.2. The number of aryl methyl sites for hydroxylation is 6. The lowest BCUT2D eigenvalue weighted by molar-refractivity contribution is -0.145. The molecule has 0 aliphatic heterocycles. The number of aromatic amines is 1. The quantitative estimate of drug-likeness (QED) is 0.00208. The Kier molecular flexibility index (Phi) is 66.5. The zero-order chi connectivity index (χ0) is 114. The number of benzene rings is 8. The Morgan fingerprint density at radius 3 is 1.12 bits per heavy atom. The highest BCUT2D eigenvalue weighted by atomic mass is 127. The summed E-state index contributed by atoms with van der Waals surface area (Å²) >= 11 is 25.0. The molecule has 0 amide bonds. The molecule has 0 saturated carbocycles. The minimum absolute atomic E-state index is 0.0100. The fraction of sp³-hybridized carbons (Fsp3) is 0.409. The summed E-state index contributed by atoms with van der Waals surface area (Å²) in [4.78, 5) is 69.7. The molecule has 40 heteroatoms. The first kappa shape index (κ1) is 136. The number of H-pyrrole nitrogens is 1. The molecule has 826 valence electrons. The van der Waals surface area contributed by atoms with Gasteiger partial charge < -0.3 is 109 Å². The molecule has 0 unspecified atom stereocenters. The molecule has 0 saturated heterocycles. The summed E-state index contributed by atoms with van der Waals surface area (Å²) in [7, 11) is 14.6. The van der Waals surface area contributed by atoms with E-state index in [2.05, 4.69) is 170 Å². The van der Waals surface area contributed by atoms with E-state index in [-0.39, 0.29) is 89.2 Å². The van der Waals surface area contributed by atoms with Gasteiger partial charge in [-0.3, -0.25) is 19.1 Å². The first-order valence-electron chi connectivity index (χ1n) is 47.5. The number of methoxy groups -OCH3 is 9. The molecule has 0 atom stereocenters. The van der Waals surface area contributed by atoms with E-state index in [0.29, 0.717) is 84.3 Å². The van der Waals surface area contributed by atoms with Gasteiger partial charge in [0.05, 0.1) is 107 Å². The maximum absolute atomic E-state index is 11.9. The summed E-state index contributed by atoms with van der Waals surface area (Å²) in [6.45, 7) is 44.2. The average Bonchev–Trinajstić information content (AvgIpc) is 0.779. The second-order valence-electron chi connectivity index (χ2n) is 33.8. The topological polar surface area (TPSA) is 447 Å². The number of para-hydroxylation sites is 1. The van der Waals surface area contributed by atoms with Crippen molar-refractivity contribution in [1.82, 2.24) is 29.9 Å². The zero-order valence-corrected chi connectivity index (χ0v) is 99.5. The zero-order valence-electron chi connectivity index (χ0n) is 91.8. The molecular formula is C110H151BrCl4IN10O23P. The van der Waals surface area contributed by atoms with Crippen LogP contribution in [0.4, 0.5) is 23.5 Å². The van der Waals surface area contributed by atoms with Crippen LogP contribution in [0.5, 0.6) is 86.2 Å². The third kappa shape index (κ3) is 50.8. The van der Waals surface area contributed by atoms with Crippen LogP contribution in [0.25, 0.3) is 0 Å². The number of hydrogen-bond acceptors (Lipinski definition) is 32. The predicted octanol–water partition coefficient (Wildman–Crippen LogP) is 27.2. The van der Waals surface area contributed by atoms with Gasteiger partial charge >= 0.3 is 23.1 Å². The number of carbonyl (C=O) groups excluding carboxylic acids is 3. The Morgan fingerprint density at radius 2 is 0.773 bits per heavy atom. The van der Waals surface area contributed by atoms with Gasteiger partial charge in [0, 0.05) is 59.7 Å². The van der Waals surface area contributed by atoms with Gasteiger partial charge in [-0.25, -0.2) is 29.5 Å². The van der Waals surface area contributed by atoms with Crippen LogP contribution in [0.2, 0.25) is 5.15 Å². The number of nitrogens with zero attached hydrogens (tertiary/aromatic N) is 5. The first-order chi connectivity index (χ1) is 70.9. The molecule has 0 aliphatic carbocycles. The molecule has 0 fully saturated rings. The lowest BCUT2D eigenvalue weighted by atomic mass is 9.99. The molecular weight excluding hydrogens is 2210 g/mol. The fourth-order valence-corrected chi connectivity index (χ4v) is 13.3. The highest BCUT2D eigenvalue weighted by Gasteiger charge is 2.24. The van der Waals surface area contributed by atoms with Crippen molar-refractivity contribution in [1.29, 1.82) is 0 Å². The SMILES string of the molecule is CCOC(=O)/C(=C\OC)Oc1cc(C)c(OC)cc1C(C)C.CCOC(=O)CBr.CCOC(=O)COc1cc(C)c(OC)cc1C(C)C.CI.COCCOC.COc1cc(C(C)C)c(O)cc1C.COc1cc(C(C)C)c(Oc2cnc(N)[nH]c2=O)cc1C.COc1cc(C(C)C)c(Oc2cnc(N)nc2Cc2ccccc2)cc1C.COc1cc(C(C)C)c(Oc2cnc(N)nc2Cl)cc1C.Nc1ccccc1.O=P(Cl)(Cl)Cl. The number of anilines is 4. The number of alkyl halides is 2. The van der Waals surface area contributed by atoms with Crippen molar-refractivity contribution < 1.29 is 105 Å². The van der Waals surface area contributed by atoms with E-state index in [1.54, 1.807) is 89.9 Å². The summed E-state index contributed by atoms with van der Waals surface area (Å²) in [6.07, 6.45) is 6.28. The molecule has 3 aromatic heterocycles. The maximum atomic E-state index is 11.9. The molecule has 0 bridgehead atoms. The highest BCUT2D eigenvalue weighted by molar-refractivity contribution is 14.1. The smallest absolute Gasteiger partial charge is 0.377 e. The number of carbonyl (C=O) groups is 3. The van der Waals surface area contributed by atoms with Gasteiger partial charge in [0.15, 0.2) is 29.2 Å². The highest BCUT2D eigenvalue weighted by Crippen LogP contribution is 2.61. The van der Waals surface area contributed by atoms with Gasteiger partial charge in [-0.2, -0.15) is 4.98 Å². The fourth-order valence-electron chi connectivity index (χ4n) is 13.0. The third-order valence-electron chi connectivity index (χ3n) is 20.4. The van der Waals surface area contributed by atoms with Crippen LogP contribution < -0.4 is 80.6 Å². The van der Waals surface area contributed by atoms with Crippen molar-refractivity contribution in [3.63, 3.8) is 0 Å². The van der Waals surface area contributed by atoms with Gasteiger partial charge in [-0.15, -0.1) is 0 Å². The number of phenols is 1. The summed E-state index contributed by atoms with van der Waals surface area (Å²) in [5.41, 5.74) is 36.1. The third-order valence-corrected chi connectivity index (χ3v) is 21.2. The first-order valence-corrected chi connectivity index (χ1v) is 55.6. The van der Waals surface area contributed by atoms with Crippen molar-refractivity contribution in [2.75, 3.05) is 137 Å². The molecule has 3 heterocycles. The average molecular weight is 2360 g/mol. The number of aromatic hydroxyl groups is 1. The number of ether oxygens (including phenoxy) is 17. The normalized spacial score (nSPS) is 10.4. The van der Waals surface area contributed by atoms with Gasteiger partial charge in [0.1, 0.15) is 80.6 Å². The number of rotatable bonds is 34. The molecule has 150 heavy (non-hydrogen) atoms. The second-order valence-corrected chi connectivity index (χ2v) is 41.4. The van der Waals surface area contributed by atoms with E-state index < -0.39 is 16.7 Å². The lowest BCUT2D eigenvalue weighted by Crippen LogP contribution is -2.15. The molecule has 8 aromatic carbocycles. The van der Waals surface area contributed by atoms with Crippen LogP contribution in [-0.2, 0) is 53.8 Å². The summed E-state index contributed by atoms with van der Waals surface area (Å²) in [5.74, 6) is 10.6. The van der Waals surface area contributed by atoms with E-state index in [4.69, 9.17) is 101 Å². The molecule has 10 N–H and O–H groups in total. The van der Waals surface area contributed by atoms with Crippen molar-refractivity contribution in [2.24, 2.45) is 0 Å². The van der Waals surface area contributed by atoms with Crippen LogP contribution in [-0.4, -0.2) is 167 Å². The molecule has 0 aliphatic rings. The van der Waals surface area contributed by atoms with E-state index in [0.717, 1.165) is 124 Å². The van der Waals surface area contributed by atoms with Crippen molar-refractivity contribution >= 4 is 130 Å². The van der Waals surface area contributed by atoms with Gasteiger partial charge in [0.25, 0.3) is 5.56 Å². The number of nitrogens with one attached hydrogen (secondary N) is 1. The molecule has 0 spiro atoms. The number of nitrogen functional groups attached to an aromatic ring is 4. The van der Waals surface area contributed by atoms with E-state index >= 15 is 0 Å². The monoisotopic (exact) mass is 2360 g/mol. The molecule has 11 aromatic rings. The van der Waals surface area contributed by atoms with Gasteiger partial charge in [-0.05, 0) is 260 Å². The summed E-state index contributed by atoms with van der Waals surface area (Å²) in [6, 6.07) is 42.6. The molecule has 33 nitrogen and oxygen atoms in total. The van der Waals surface area contributed by atoms with E-state index in [1.165, 1.54) is 25.8 Å². The minimum atomic E-state index is -3.22. The largest absolute Gasteiger partial charge is 0.508 e. The Morgan fingerprint density at radius 1 is 0.440 bits per heavy atom. The number of nitrogens with two attached hydrogens (primary N) is 4. The molecule has 0 radical (unpaired) electrons. The van der Waals surface area contributed by atoms with Crippen LogP contribution in [0.1, 0.15) is 217 Å². The van der Waals surface area contributed by atoms with Gasteiger partial charge in [-0.1, -0.05) is 182 Å². The second kappa shape index (κ2) is 73.3. The minimum Gasteiger partial charge on any atom is -0.508 e. The Bertz CT molecular complexity index is 6040. The number of halogens is 6. The van der Waals surface area contributed by atoms with Crippen LogP contribution in [0, 0.1) is 41.5 Å².